The minimum atomic E-state index is 0.464. The van der Waals surface area contributed by atoms with Gasteiger partial charge >= 0.3 is 0 Å². The van der Waals surface area contributed by atoms with Crippen LogP contribution < -0.4 is 10.1 Å². The molecule has 21 heavy (non-hydrogen) atoms. The van der Waals surface area contributed by atoms with Gasteiger partial charge in [-0.1, -0.05) is 6.92 Å². The molecule has 1 saturated heterocycles. The first-order valence-electron chi connectivity index (χ1n) is 7.57. The highest BCUT2D eigenvalue weighted by Gasteiger charge is 2.23. The van der Waals surface area contributed by atoms with Gasteiger partial charge in [0.05, 0.1) is 17.3 Å². The zero-order valence-corrected chi connectivity index (χ0v) is 16.1. The molecular weight excluding hydrogens is 396 g/mol. The lowest BCUT2D eigenvalue weighted by molar-refractivity contribution is 0.183. The van der Waals surface area contributed by atoms with Crippen molar-refractivity contribution in [1.29, 1.82) is 0 Å². The summed E-state index contributed by atoms with van der Waals surface area (Å²) < 4.78 is 7.41. The predicted octanol–water partition coefficient (Wildman–Crippen LogP) is 4.75. The van der Waals surface area contributed by atoms with Crippen LogP contribution in [0.25, 0.3) is 0 Å². The lowest BCUT2D eigenvalue weighted by Crippen LogP contribution is -2.39. The van der Waals surface area contributed by atoms with Crippen LogP contribution in [0.5, 0.6) is 5.75 Å². The summed E-state index contributed by atoms with van der Waals surface area (Å²) in [5.74, 6) is 1.59. The van der Waals surface area contributed by atoms with Crippen molar-refractivity contribution in [2.24, 2.45) is 5.92 Å². The van der Waals surface area contributed by atoms with Crippen LogP contribution in [0, 0.1) is 5.92 Å². The molecule has 0 spiro atoms. The largest absolute Gasteiger partial charge is 0.495 e. The normalized spacial score (nSPS) is 18.5. The van der Waals surface area contributed by atoms with Gasteiger partial charge in [0.25, 0.3) is 0 Å². The van der Waals surface area contributed by atoms with E-state index in [0.29, 0.717) is 6.04 Å². The topological polar surface area (TPSA) is 24.5 Å². The summed E-state index contributed by atoms with van der Waals surface area (Å²) in [7, 11) is 1.70. The Bertz CT molecular complexity index is 474. The molecule has 1 aliphatic heterocycles. The van der Waals surface area contributed by atoms with Crippen LogP contribution in [0.1, 0.15) is 26.7 Å². The lowest BCUT2D eigenvalue weighted by Gasteiger charge is -2.35. The summed E-state index contributed by atoms with van der Waals surface area (Å²) in [5, 5.41) is 3.65. The number of hydrogen-bond donors (Lipinski definition) is 1. The maximum Gasteiger partial charge on any atom is 0.135 e. The van der Waals surface area contributed by atoms with Crippen molar-refractivity contribution in [2.75, 3.05) is 32.1 Å². The first-order valence-corrected chi connectivity index (χ1v) is 9.15. The smallest absolute Gasteiger partial charge is 0.135 e. The van der Waals surface area contributed by atoms with Gasteiger partial charge < -0.3 is 15.0 Å². The van der Waals surface area contributed by atoms with E-state index in [1.807, 2.05) is 12.1 Å². The summed E-state index contributed by atoms with van der Waals surface area (Å²) in [5.41, 5.74) is 1.10. The fourth-order valence-electron chi connectivity index (χ4n) is 2.93. The van der Waals surface area contributed by atoms with Gasteiger partial charge in [0.2, 0.25) is 0 Å². The number of nitrogens with one attached hydrogen (secondary N) is 1. The number of benzene rings is 1. The van der Waals surface area contributed by atoms with Crippen LogP contribution in [-0.2, 0) is 0 Å². The maximum absolute atomic E-state index is 5.38. The van der Waals surface area contributed by atoms with Crippen molar-refractivity contribution in [1.82, 2.24) is 4.90 Å². The molecule has 0 saturated carbocycles. The molecule has 0 amide bonds. The van der Waals surface area contributed by atoms with Gasteiger partial charge in [-0.15, -0.1) is 0 Å². The highest BCUT2D eigenvalue weighted by molar-refractivity contribution is 9.11. The summed E-state index contributed by atoms with van der Waals surface area (Å²) in [6.45, 7) is 8.14. The average Bonchev–Trinajstić information content (AvgIpc) is 2.50. The Morgan fingerprint density at radius 3 is 2.52 bits per heavy atom. The van der Waals surface area contributed by atoms with Gasteiger partial charge in [-0.05, 0) is 83.2 Å². The van der Waals surface area contributed by atoms with Crippen molar-refractivity contribution in [3.8, 4) is 5.75 Å². The quantitative estimate of drug-likeness (QED) is 0.744. The standard InChI is InChI=1S/C16H24Br2N2O/c1-4-20-7-5-12(6-8-20)11(2)19-15-10-16(21-3)14(18)9-13(15)17/h9-12,19H,4-8H2,1-3H3. The van der Waals surface area contributed by atoms with E-state index >= 15 is 0 Å². The number of ether oxygens (including phenoxy) is 1. The van der Waals surface area contributed by atoms with Crippen LogP contribution in [-0.4, -0.2) is 37.7 Å². The fourth-order valence-corrected chi connectivity index (χ4v) is 4.20. The monoisotopic (exact) mass is 418 g/mol. The van der Waals surface area contributed by atoms with E-state index in [-0.39, 0.29) is 0 Å². The average molecular weight is 420 g/mol. The maximum atomic E-state index is 5.38. The Morgan fingerprint density at radius 2 is 1.95 bits per heavy atom. The molecule has 1 aliphatic rings. The van der Waals surface area contributed by atoms with Crippen molar-refractivity contribution in [3.63, 3.8) is 0 Å². The number of likely N-dealkylation sites (tertiary alicyclic amines) is 1. The summed E-state index contributed by atoms with van der Waals surface area (Å²) >= 11 is 7.14. The van der Waals surface area contributed by atoms with Gasteiger partial charge in [0.1, 0.15) is 5.75 Å². The molecule has 1 atom stereocenters. The van der Waals surface area contributed by atoms with Crippen LogP contribution in [0.4, 0.5) is 5.69 Å². The second-order valence-electron chi connectivity index (χ2n) is 5.67. The lowest BCUT2D eigenvalue weighted by atomic mass is 9.90. The first-order chi connectivity index (χ1) is 10.0. The molecule has 1 fully saturated rings. The van der Waals surface area contributed by atoms with E-state index in [2.05, 4.69) is 55.9 Å². The van der Waals surface area contributed by atoms with Crippen LogP contribution in [0.15, 0.2) is 21.1 Å². The van der Waals surface area contributed by atoms with Gasteiger partial charge in [-0.2, -0.15) is 0 Å². The molecule has 1 N–H and O–H groups in total. The molecule has 0 radical (unpaired) electrons. The van der Waals surface area contributed by atoms with E-state index in [0.717, 1.165) is 26.3 Å². The molecule has 118 valence electrons. The van der Waals surface area contributed by atoms with Crippen molar-refractivity contribution >= 4 is 37.5 Å². The van der Waals surface area contributed by atoms with Gasteiger partial charge in [-0.25, -0.2) is 0 Å². The van der Waals surface area contributed by atoms with E-state index in [1.165, 1.54) is 32.5 Å². The third kappa shape index (κ3) is 4.36. The Hall–Kier alpha value is -0.260. The summed E-state index contributed by atoms with van der Waals surface area (Å²) in [6, 6.07) is 4.55. The number of nitrogens with zero attached hydrogens (tertiary/aromatic N) is 1. The fraction of sp³-hybridized carbons (Fsp3) is 0.625. The molecule has 0 aromatic heterocycles. The number of piperidine rings is 1. The number of halogens is 2. The molecular formula is C16H24Br2N2O. The van der Waals surface area contributed by atoms with Crippen molar-refractivity contribution in [3.05, 3.63) is 21.1 Å². The summed E-state index contributed by atoms with van der Waals surface area (Å²) in [6.07, 6.45) is 2.54. The molecule has 2 rings (SSSR count). The SMILES string of the molecule is CCN1CCC(C(C)Nc2cc(OC)c(Br)cc2Br)CC1. The first kappa shape index (κ1) is 17.1. The predicted molar refractivity (Wildman–Crippen MR) is 96.3 cm³/mol. The van der Waals surface area contributed by atoms with Gasteiger partial charge in [0.15, 0.2) is 0 Å². The minimum absolute atomic E-state index is 0.464. The third-order valence-corrected chi connectivity index (χ3v) is 5.69. The zero-order valence-electron chi connectivity index (χ0n) is 13.0. The zero-order chi connectivity index (χ0) is 15.4. The molecule has 1 heterocycles. The van der Waals surface area contributed by atoms with E-state index in [1.54, 1.807) is 7.11 Å². The van der Waals surface area contributed by atoms with E-state index < -0.39 is 0 Å². The number of rotatable bonds is 5. The van der Waals surface area contributed by atoms with E-state index in [9.17, 15) is 0 Å². The minimum Gasteiger partial charge on any atom is -0.495 e. The molecule has 5 heteroatoms. The molecule has 0 aliphatic carbocycles. The van der Waals surface area contributed by atoms with Gasteiger partial charge in [-0.3, -0.25) is 0 Å². The molecule has 0 bridgehead atoms. The second kappa shape index (κ2) is 7.84. The Kier molecular flexibility index (Phi) is 6.38. The Balaban J connectivity index is 2.01. The third-order valence-electron chi connectivity index (χ3n) is 4.41. The number of anilines is 1. The Morgan fingerprint density at radius 1 is 1.29 bits per heavy atom. The molecule has 1 aromatic carbocycles. The summed E-state index contributed by atoms with van der Waals surface area (Å²) in [4.78, 5) is 2.53. The van der Waals surface area contributed by atoms with Crippen LogP contribution in [0.3, 0.4) is 0 Å². The number of methoxy groups -OCH3 is 1. The molecule has 1 unspecified atom stereocenters. The van der Waals surface area contributed by atoms with Crippen molar-refractivity contribution in [2.45, 2.75) is 32.7 Å². The Labute approximate surface area is 144 Å². The number of hydrogen-bond acceptors (Lipinski definition) is 3. The van der Waals surface area contributed by atoms with Gasteiger partial charge in [0, 0.05) is 16.6 Å². The molecule has 1 aromatic rings. The highest BCUT2D eigenvalue weighted by atomic mass is 79.9. The van der Waals surface area contributed by atoms with Crippen LogP contribution >= 0.6 is 31.9 Å². The highest BCUT2D eigenvalue weighted by Crippen LogP contribution is 2.35. The van der Waals surface area contributed by atoms with E-state index in [4.69, 9.17) is 4.74 Å². The van der Waals surface area contributed by atoms with Crippen LogP contribution in [0.2, 0.25) is 0 Å². The second-order valence-corrected chi connectivity index (χ2v) is 7.38. The molecule has 3 nitrogen and oxygen atoms in total. The van der Waals surface area contributed by atoms with Crippen molar-refractivity contribution < 1.29 is 4.74 Å².